The number of aryl methyl sites for hydroxylation is 1. The van der Waals surface area contributed by atoms with Crippen LogP contribution in [0, 0.1) is 0 Å². The van der Waals surface area contributed by atoms with E-state index < -0.39 is 0 Å². The third-order valence-corrected chi connectivity index (χ3v) is 3.17. The number of hydrogen-bond donors (Lipinski definition) is 1. The number of piperazine rings is 1. The van der Waals surface area contributed by atoms with Crippen LogP contribution in [0.1, 0.15) is 5.56 Å². The van der Waals surface area contributed by atoms with Crippen molar-refractivity contribution >= 4 is 5.91 Å². The summed E-state index contributed by atoms with van der Waals surface area (Å²) in [4.78, 5) is 16.0. The Morgan fingerprint density at radius 3 is 2.83 bits per heavy atom. The zero-order valence-electron chi connectivity index (χ0n) is 11.1. The second kappa shape index (κ2) is 5.97. The second-order valence-corrected chi connectivity index (χ2v) is 4.80. The van der Waals surface area contributed by atoms with E-state index in [4.69, 9.17) is 0 Å². The molecule has 0 bridgehead atoms. The van der Waals surface area contributed by atoms with Crippen LogP contribution in [-0.4, -0.2) is 65.3 Å². The average Bonchev–Trinajstić information content (AvgIpc) is 2.76. The molecule has 100 valence electrons. The van der Waals surface area contributed by atoms with E-state index in [0.717, 1.165) is 31.7 Å². The summed E-state index contributed by atoms with van der Waals surface area (Å²) in [6.45, 7) is 4.98. The van der Waals surface area contributed by atoms with Crippen LogP contribution in [0.5, 0.6) is 0 Å². The Labute approximate surface area is 108 Å². The molecule has 1 amide bonds. The topological polar surface area (TPSA) is 53.4 Å². The molecule has 1 saturated heterocycles. The molecule has 18 heavy (non-hydrogen) atoms. The largest absolute Gasteiger partial charge is 0.340 e. The van der Waals surface area contributed by atoms with E-state index in [9.17, 15) is 4.79 Å². The van der Waals surface area contributed by atoms with Crippen molar-refractivity contribution in [3.63, 3.8) is 0 Å². The highest BCUT2D eigenvalue weighted by Crippen LogP contribution is 2.02. The van der Waals surface area contributed by atoms with E-state index in [2.05, 4.69) is 15.3 Å². The molecule has 2 heterocycles. The van der Waals surface area contributed by atoms with Gasteiger partial charge in [-0.05, 0) is 0 Å². The quantitative estimate of drug-likeness (QED) is 0.767. The number of likely N-dealkylation sites (N-methyl/N-ethyl adjacent to an activating group) is 1. The number of amides is 1. The van der Waals surface area contributed by atoms with Crippen LogP contribution in [0.3, 0.4) is 0 Å². The molecule has 1 aliphatic heterocycles. The minimum Gasteiger partial charge on any atom is -0.340 e. The first-order chi connectivity index (χ1) is 8.65. The Hall–Kier alpha value is -1.40. The molecule has 0 saturated carbocycles. The molecule has 1 aromatic rings. The maximum absolute atomic E-state index is 12.1. The van der Waals surface area contributed by atoms with Gasteiger partial charge in [0.2, 0.25) is 5.91 Å². The summed E-state index contributed by atoms with van der Waals surface area (Å²) in [6, 6.07) is 0. The number of aromatic nitrogens is 2. The molecular weight excluding hydrogens is 230 g/mol. The number of carbonyl (C=O) groups excluding carboxylic acids is 1. The monoisotopic (exact) mass is 251 g/mol. The predicted molar refractivity (Wildman–Crippen MR) is 69.0 cm³/mol. The third-order valence-electron chi connectivity index (χ3n) is 3.17. The first-order valence-corrected chi connectivity index (χ1v) is 6.30. The molecule has 0 aromatic carbocycles. The standard InChI is InChI=1S/C12H21N5O/c1-15(8-11-7-14-16(2)9-11)12(18)10-17-5-3-13-4-6-17/h7,9,13H,3-6,8,10H2,1-2H3. The second-order valence-electron chi connectivity index (χ2n) is 4.80. The molecule has 1 N–H and O–H groups in total. The Balaban J connectivity index is 1.80. The molecular formula is C12H21N5O. The van der Waals surface area contributed by atoms with Gasteiger partial charge in [0, 0.05) is 58.6 Å². The molecule has 0 unspecified atom stereocenters. The smallest absolute Gasteiger partial charge is 0.236 e. The number of nitrogens with zero attached hydrogens (tertiary/aromatic N) is 4. The molecule has 1 aliphatic rings. The van der Waals surface area contributed by atoms with E-state index in [1.807, 2.05) is 20.3 Å². The van der Waals surface area contributed by atoms with Gasteiger partial charge in [-0.15, -0.1) is 0 Å². The van der Waals surface area contributed by atoms with Crippen molar-refractivity contribution < 1.29 is 4.79 Å². The maximum atomic E-state index is 12.1. The molecule has 1 aromatic heterocycles. The van der Waals surface area contributed by atoms with Gasteiger partial charge in [0.25, 0.3) is 0 Å². The minimum absolute atomic E-state index is 0.167. The number of carbonyl (C=O) groups is 1. The third kappa shape index (κ3) is 3.54. The molecule has 6 heteroatoms. The van der Waals surface area contributed by atoms with Crippen molar-refractivity contribution in [2.24, 2.45) is 7.05 Å². The van der Waals surface area contributed by atoms with E-state index in [0.29, 0.717) is 13.1 Å². The van der Waals surface area contributed by atoms with Crippen molar-refractivity contribution in [2.75, 3.05) is 39.8 Å². The average molecular weight is 251 g/mol. The lowest BCUT2D eigenvalue weighted by Crippen LogP contribution is -2.47. The van der Waals surface area contributed by atoms with Gasteiger partial charge >= 0.3 is 0 Å². The van der Waals surface area contributed by atoms with Gasteiger partial charge in [-0.25, -0.2) is 0 Å². The fourth-order valence-corrected chi connectivity index (χ4v) is 2.10. The highest BCUT2D eigenvalue weighted by atomic mass is 16.2. The lowest BCUT2D eigenvalue weighted by Gasteiger charge is -2.28. The number of nitrogens with one attached hydrogen (secondary N) is 1. The normalized spacial score (nSPS) is 16.8. The molecule has 0 atom stereocenters. The minimum atomic E-state index is 0.167. The Morgan fingerprint density at radius 2 is 2.22 bits per heavy atom. The van der Waals surface area contributed by atoms with E-state index in [-0.39, 0.29) is 5.91 Å². The van der Waals surface area contributed by atoms with Gasteiger partial charge in [0.15, 0.2) is 0 Å². The van der Waals surface area contributed by atoms with E-state index >= 15 is 0 Å². The predicted octanol–water partition coefficient (Wildman–Crippen LogP) is -0.716. The van der Waals surface area contributed by atoms with Gasteiger partial charge < -0.3 is 10.2 Å². The summed E-state index contributed by atoms with van der Waals surface area (Å²) in [5.41, 5.74) is 1.06. The number of hydrogen-bond acceptors (Lipinski definition) is 4. The van der Waals surface area contributed by atoms with Crippen LogP contribution >= 0.6 is 0 Å². The highest BCUT2D eigenvalue weighted by molar-refractivity contribution is 5.78. The molecule has 0 spiro atoms. The van der Waals surface area contributed by atoms with E-state index in [1.165, 1.54) is 0 Å². The molecule has 0 aliphatic carbocycles. The fraction of sp³-hybridized carbons (Fsp3) is 0.667. The zero-order chi connectivity index (χ0) is 13.0. The highest BCUT2D eigenvalue weighted by Gasteiger charge is 2.16. The van der Waals surface area contributed by atoms with Crippen LogP contribution in [0.25, 0.3) is 0 Å². The van der Waals surface area contributed by atoms with Crippen molar-refractivity contribution in [3.8, 4) is 0 Å². The van der Waals surface area contributed by atoms with Gasteiger partial charge in [-0.2, -0.15) is 5.10 Å². The Kier molecular flexibility index (Phi) is 4.33. The molecule has 6 nitrogen and oxygen atoms in total. The van der Waals surface area contributed by atoms with Crippen LogP contribution < -0.4 is 5.32 Å². The van der Waals surface area contributed by atoms with E-state index in [1.54, 1.807) is 15.8 Å². The Morgan fingerprint density at radius 1 is 1.50 bits per heavy atom. The summed E-state index contributed by atoms with van der Waals surface area (Å²) < 4.78 is 1.75. The summed E-state index contributed by atoms with van der Waals surface area (Å²) in [5.74, 6) is 0.167. The SMILES string of the molecule is CN(Cc1cnn(C)c1)C(=O)CN1CCNCC1. The summed E-state index contributed by atoms with van der Waals surface area (Å²) in [6.07, 6.45) is 3.74. The van der Waals surface area contributed by atoms with Gasteiger partial charge in [0.05, 0.1) is 12.7 Å². The summed E-state index contributed by atoms with van der Waals surface area (Å²) in [5, 5.41) is 7.39. The summed E-state index contributed by atoms with van der Waals surface area (Å²) >= 11 is 0. The lowest BCUT2D eigenvalue weighted by atomic mass is 10.3. The molecule has 2 rings (SSSR count). The van der Waals surface area contributed by atoms with Crippen LogP contribution in [0.2, 0.25) is 0 Å². The van der Waals surface area contributed by atoms with Gasteiger partial charge in [-0.1, -0.05) is 0 Å². The molecule has 1 fully saturated rings. The van der Waals surface area contributed by atoms with Crippen molar-refractivity contribution in [3.05, 3.63) is 18.0 Å². The first-order valence-electron chi connectivity index (χ1n) is 6.30. The van der Waals surface area contributed by atoms with Crippen molar-refractivity contribution in [1.82, 2.24) is 24.9 Å². The van der Waals surface area contributed by atoms with Crippen molar-refractivity contribution in [2.45, 2.75) is 6.54 Å². The van der Waals surface area contributed by atoms with Crippen molar-refractivity contribution in [1.29, 1.82) is 0 Å². The van der Waals surface area contributed by atoms with Crippen LogP contribution in [-0.2, 0) is 18.4 Å². The van der Waals surface area contributed by atoms with Gasteiger partial charge in [-0.3, -0.25) is 14.4 Å². The maximum Gasteiger partial charge on any atom is 0.236 e. The van der Waals surface area contributed by atoms with Gasteiger partial charge in [0.1, 0.15) is 0 Å². The molecule has 0 radical (unpaired) electrons. The first kappa shape index (κ1) is 13.0. The van der Waals surface area contributed by atoms with Crippen LogP contribution in [0.15, 0.2) is 12.4 Å². The zero-order valence-corrected chi connectivity index (χ0v) is 11.1. The Bertz CT molecular complexity index is 397. The fourth-order valence-electron chi connectivity index (χ4n) is 2.10. The lowest BCUT2D eigenvalue weighted by molar-refractivity contribution is -0.131. The van der Waals surface area contributed by atoms with Crippen LogP contribution in [0.4, 0.5) is 0 Å². The number of rotatable bonds is 4. The summed E-state index contributed by atoms with van der Waals surface area (Å²) in [7, 11) is 3.73.